The molecular formula is C54H98NO8P. The van der Waals surface area contributed by atoms with Crippen molar-refractivity contribution in [3.05, 3.63) is 60.8 Å². The predicted octanol–water partition coefficient (Wildman–Crippen LogP) is 16.0. The molecule has 64 heavy (non-hydrogen) atoms. The molecule has 0 fully saturated rings. The number of esters is 2. The van der Waals surface area contributed by atoms with Crippen LogP contribution in [0.1, 0.15) is 239 Å². The maximum Gasteiger partial charge on any atom is 0.472 e. The zero-order valence-corrected chi connectivity index (χ0v) is 42.2. The topological polar surface area (TPSA) is 134 Å². The molecule has 0 rings (SSSR count). The number of hydrogen-bond acceptors (Lipinski definition) is 8. The number of carbonyl (C=O) groups is 2. The Kier molecular flexibility index (Phi) is 48.3. The minimum atomic E-state index is -4.39. The predicted molar refractivity (Wildman–Crippen MR) is 270 cm³/mol. The molecule has 0 saturated carbocycles. The summed E-state index contributed by atoms with van der Waals surface area (Å²) in [5.74, 6) is -0.831. The first kappa shape index (κ1) is 61.7. The highest BCUT2D eigenvalue weighted by atomic mass is 31.2. The molecule has 0 aromatic rings. The van der Waals surface area contributed by atoms with E-state index in [2.05, 4.69) is 74.6 Å². The minimum absolute atomic E-state index is 0.0512. The molecule has 372 valence electrons. The Balaban J connectivity index is 4.03. The van der Waals surface area contributed by atoms with Crippen molar-refractivity contribution in [3.63, 3.8) is 0 Å². The van der Waals surface area contributed by atoms with Crippen LogP contribution in [-0.2, 0) is 32.7 Å². The Morgan fingerprint density at radius 2 is 0.859 bits per heavy atom. The van der Waals surface area contributed by atoms with Gasteiger partial charge < -0.3 is 20.1 Å². The molecule has 0 aromatic carbocycles. The summed E-state index contributed by atoms with van der Waals surface area (Å²) >= 11 is 0. The fraction of sp³-hybridized carbons (Fsp3) is 0.778. The first-order valence-corrected chi connectivity index (χ1v) is 27.8. The fourth-order valence-corrected chi connectivity index (χ4v) is 8.03. The van der Waals surface area contributed by atoms with Gasteiger partial charge in [0.05, 0.1) is 13.2 Å². The van der Waals surface area contributed by atoms with E-state index in [1.54, 1.807) is 0 Å². The molecule has 0 saturated heterocycles. The van der Waals surface area contributed by atoms with Crippen LogP contribution >= 0.6 is 7.82 Å². The zero-order chi connectivity index (χ0) is 46.7. The Morgan fingerprint density at radius 1 is 0.484 bits per heavy atom. The molecule has 0 aliphatic carbocycles. The quantitative estimate of drug-likeness (QED) is 0.0265. The smallest absolute Gasteiger partial charge is 0.462 e. The first-order chi connectivity index (χ1) is 31.3. The van der Waals surface area contributed by atoms with E-state index in [0.717, 1.165) is 77.0 Å². The van der Waals surface area contributed by atoms with Crippen molar-refractivity contribution < 1.29 is 37.6 Å². The summed E-state index contributed by atoms with van der Waals surface area (Å²) in [5, 5.41) is 0. The van der Waals surface area contributed by atoms with Crippen LogP contribution in [0.2, 0.25) is 0 Å². The lowest BCUT2D eigenvalue weighted by Gasteiger charge is -2.19. The summed E-state index contributed by atoms with van der Waals surface area (Å²) in [7, 11) is -4.39. The number of unbranched alkanes of at least 4 members (excludes halogenated alkanes) is 26. The molecule has 3 N–H and O–H groups in total. The molecule has 0 spiro atoms. The van der Waals surface area contributed by atoms with Gasteiger partial charge in [0.25, 0.3) is 0 Å². The van der Waals surface area contributed by atoms with Crippen LogP contribution in [0.25, 0.3) is 0 Å². The van der Waals surface area contributed by atoms with Crippen molar-refractivity contribution in [2.45, 2.75) is 245 Å². The van der Waals surface area contributed by atoms with Gasteiger partial charge in [-0.1, -0.05) is 209 Å². The molecule has 0 bridgehead atoms. The van der Waals surface area contributed by atoms with E-state index in [4.69, 9.17) is 24.3 Å². The molecule has 9 nitrogen and oxygen atoms in total. The molecule has 10 heteroatoms. The molecule has 0 radical (unpaired) electrons. The van der Waals surface area contributed by atoms with Crippen LogP contribution in [0.15, 0.2) is 60.8 Å². The van der Waals surface area contributed by atoms with Gasteiger partial charge in [-0.3, -0.25) is 18.6 Å². The minimum Gasteiger partial charge on any atom is -0.462 e. The van der Waals surface area contributed by atoms with Crippen molar-refractivity contribution >= 4 is 19.8 Å². The van der Waals surface area contributed by atoms with E-state index in [1.165, 1.54) is 128 Å². The number of ether oxygens (including phenoxy) is 2. The number of phosphoric ester groups is 1. The van der Waals surface area contributed by atoms with Gasteiger partial charge in [0, 0.05) is 19.4 Å². The largest absolute Gasteiger partial charge is 0.472 e. The van der Waals surface area contributed by atoms with Gasteiger partial charge in [0.15, 0.2) is 6.10 Å². The third-order valence-corrected chi connectivity index (χ3v) is 12.1. The van der Waals surface area contributed by atoms with E-state index >= 15 is 0 Å². The average molecular weight is 920 g/mol. The van der Waals surface area contributed by atoms with Crippen LogP contribution < -0.4 is 5.73 Å². The highest BCUT2D eigenvalue weighted by molar-refractivity contribution is 7.47. The number of carbonyl (C=O) groups excluding carboxylic acids is 2. The van der Waals surface area contributed by atoms with Gasteiger partial charge in [0.1, 0.15) is 6.61 Å². The molecular weight excluding hydrogens is 822 g/mol. The fourth-order valence-electron chi connectivity index (χ4n) is 7.27. The number of allylic oxidation sites excluding steroid dienone is 10. The second-order valence-electron chi connectivity index (χ2n) is 17.4. The van der Waals surface area contributed by atoms with Gasteiger partial charge in [-0.05, 0) is 77.0 Å². The zero-order valence-electron chi connectivity index (χ0n) is 41.3. The normalized spacial score (nSPS) is 13.6. The van der Waals surface area contributed by atoms with Gasteiger partial charge in [-0.25, -0.2) is 4.57 Å². The van der Waals surface area contributed by atoms with Crippen molar-refractivity contribution in [1.29, 1.82) is 0 Å². The van der Waals surface area contributed by atoms with Gasteiger partial charge in [-0.2, -0.15) is 0 Å². The molecule has 0 aliphatic rings. The highest BCUT2D eigenvalue weighted by Gasteiger charge is 2.26. The summed E-state index contributed by atoms with van der Waals surface area (Å²) in [5.41, 5.74) is 5.37. The summed E-state index contributed by atoms with van der Waals surface area (Å²) in [4.78, 5) is 35.1. The van der Waals surface area contributed by atoms with E-state index in [-0.39, 0.29) is 38.6 Å². The number of rotatable bonds is 49. The molecule has 0 amide bonds. The van der Waals surface area contributed by atoms with Crippen molar-refractivity contribution in [2.75, 3.05) is 26.4 Å². The highest BCUT2D eigenvalue weighted by Crippen LogP contribution is 2.43. The maximum absolute atomic E-state index is 12.7. The van der Waals surface area contributed by atoms with Gasteiger partial charge in [0.2, 0.25) is 0 Å². The summed E-state index contributed by atoms with van der Waals surface area (Å²) in [6.45, 7) is 3.64. The monoisotopic (exact) mass is 920 g/mol. The molecule has 0 heterocycles. The molecule has 0 aromatic heterocycles. The van der Waals surface area contributed by atoms with E-state index in [1.807, 2.05) is 0 Å². The number of hydrogen-bond donors (Lipinski definition) is 2. The molecule has 2 atom stereocenters. The lowest BCUT2D eigenvalue weighted by atomic mass is 10.0. The van der Waals surface area contributed by atoms with Crippen LogP contribution in [0.5, 0.6) is 0 Å². The first-order valence-electron chi connectivity index (χ1n) is 26.3. The number of nitrogens with two attached hydrogens (primary N) is 1. The third-order valence-electron chi connectivity index (χ3n) is 11.1. The van der Waals surface area contributed by atoms with Crippen molar-refractivity contribution in [3.8, 4) is 0 Å². The summed E-state index contributed by atoms with van der Waals surface area (Å²) in [6.07, 6.45) is 61.1. The van der Waals surface area contributed by atoms with Crippen molar-refractivity contribution in [1.82, 2.24) is 0 Å². The lowest BCUT2D eigenvalue weighted by Crippen LogP contribution is -2.29. The Morgan fingerprint density at radius 3 is 1.30 bits per heavy atom. The SMILES string of the molecule is CC/C=C\C/C=C\C/C=C\C/C=C\CCCCCCCCCCCCCCC(=O)OC(COC(=O)CCCCCCCCC/C=C\CCCCCCCCC)COP(=O)(O)OCCN. The van der Waals surface area contributed by atoms with Crippen LogP contribution in [0.3, 0.4) is 0 Å². The summed E-state index contributed by atoms with van der Waals surface area (Å²) in [6, 6.07) is 0. The van der Waals surface area contributed by atoms with Crippen LogP contribution in [0.4, 0.5) is 0 Å². The maximum atomic E-state index is 12.7. The Bertz CT molecular complexity index is 1230. The number of phosphoric acid groups is 1. The third kappa shape index (κ3) is 49.2. The van der Waals surface area contributed by atoms with Crippen LogP contribution in [0, 0.1) is 0 Å². The standard InChI is InChI=1S/C54H98NO8P/c1-3-5-7-9-11-13-15-17-19-21-23-24-25-26-27-28-29-31-33-35-37-39-41-43-45-47-54(57)63-52(51-62-64(58,59)61-49-48-55)50-60-53(56)46-44-42-40-38-36-34-32-30-22-20-18-16-14-12-10-8-6-4-2/h5,7,11,13,17,19-20,22-24,52H,3-4,6,8-10,12,14-16,18,21,25-51,55H2,1-2H3,(H,58,59)/b7-5-,13-11-,19-17-,22-20-,24-23-. The molecule has 0 aliphatic heterocycles. The second kappa shape index (κ2) is 50.1. The Hall–Kier alpha value is -2.29. The Labute approximate surface area is 393 Å². The summed E-state index contributed by atoms with van der Waals surface area (Å²) < 4.78 is 33.0. The lowest BCUT2D eigenvalue weighted by molar-refractivity contribution is -0.161. The van der Waals surface area contributed by atoms with E-state index in [0.29, 0.717) is 6.42 Å². The van der Waals surface area contributed by atoms with E-state index in [9.17, 15) is 19.0 Å². The second-order valence-corrected chi connectivity index (χ2v) is 18.8. The van der Waals surface area contributed by atoms with Crippen LogP contribution in [-0.4, -0.2) is 49.3 Å². The molecule has 2 unspecified atom stereocenters. The van der Waals surface area contributed by atoms with Crippen molar-refractivity contribution in [2.24, 2.45) is 5.73 Å². The average Bonchev–Trinajstić information content (AvgIpc) is 3.28. The van der Waals surface area contributed by atoms with Gasteiger partial charge in [-0.15, -0.1) is 0 Å². The van der Waals surface area contributed by atoms with E-state index < -0.39 is 26.5 Å². The van der Waals surface area contributed by atoms with Gasteiger partial charge >= 0.3 is 19.8 Å².